The largest absolute Gasteiger partial charge is 0.461 e. The number of hydrogen-bond acceptors (Lipinski definition) is 7. The first-order valence-corrected chi connectivity index (χ1v) is 7.21. The van der Waals surface area contributed by atoms with Gasteiger partial charge in [-0.25, -0.2) is 0 Å². The highest BCUT2D eigenvalue weighted by atomic mass is 16.5. The Hall–Kier alpha value is -3.00. The summed E-state index contributed by atoms with van der Waals surface area (Å²) in [5.74, 6) is 2.33. The van der Waals surface area contributed by atoms with Crippen molar-refractivity contribution in [3.05, 3.63) is 54.5 Å². The van der Waals surface area contributed by atoms with Crippen LogP contribution < -0.4 is 5.32 Å². The van der Waals surface area contributed by atoms with Crippen molar-refractivity contribution < 1.29 is 8.94 Å². The molecule has 23 heavy (non-hydrogen) atoms. The van der Waals surface area contributed by atoms with Crippen LogP contribution in [0.4, 0.5) is 0 Å². The van der Waals surface area contributed by atoms with Gasteiger partial charge in [0, 0.05) is 6.20 Å². The van der Waals surface area contributed by atoms with E-state index < -0.39 is 0 Å². The van der Waals surface area contributed by atoms with Crippen molar-refractivity contribution in [1.82, 2.24) is 30.1 Å². The third-order valence-corrected chi connectivity index (χ3v) is 3.50. The third kappa shape index (κ3) is 2.59. The molecule has 0 saturated carbocycles. The molecule has 0 fully saturated rings. The Labute approximate surface area is 131 Å². The van der Waals surface area contributed by atoms with E-state index in [1.165, 1.54) is 0 Å². The minimum absolute atomic E-state index is 0.0219. The highest BCUT2D eigenvalue weighted by Gasteiger charge is 2.15. The quantitative estimate of drug-likeness (QED) is 0.604. The molecule has 0 amide bonds. The van der Waals surface area contributed by atoms with E-state index in [-0.39, 0.29) is 6.04 Å². The van der Waals surface area contributed by atoms with Gasteiger partial charge in [-0.2, -0.15) is 4.98 Å². The summed E-state index contributed by atoms with van der Waals surface area (Å²) in [6, 6.07) is 9.33. The maximum absolute atomic E-state index is 5.24. The second-order valence-electron chi connectivity index (χ2n) is 5.08. The summed E-state index contributed by atoms with van der Waals surface area (Å²) in [7, 11) is 0. The molecular weight excluding hydrogens is 296 g/mol. The van der Waals surface area contributed by atoms with E-state index in [1.54, 1.807) is 18.4 Å². The van der Waals surface area contributed by atoms with Gasteiger partial charge in [-0.05, 0) is 31.2 Å². The Morgan fingerprint density at radius 2 is 2.17 bits per heavy atom. The van der Waals surface area contributed by atoms with Crippen LogP contribution in [-0.2, 0) is 6.54 Å². The van der Waals surface area contributed by atoms with Gasteiger partial charge in [-0.15, -0.1) is 10.2 Å². The fourth-order valence-corrected chi connectivity index (χ4v) is 2.32. The number of rotatable bonds is 5. The lowest BCUT2D eigenvalue weighted by molar-refractivity contribution is 0.358. The number of fused-ring (bicyclic) bond motifs is 1. The van der Waals surface area contributed by atoms with Crippen molar-refractivity contribution in [2.24, 2.45) is 0 Å². The zero-order valence-corrected chi connectivity index (χ0v) is 12.4. The topological polar surface area (TPSA) is 94.3 Å². The van der Waals surface area contributed by atoms with Crippen LogP contribution in [0.1, 0.15) is 24.7 Å². The average molecular weight is 310 g/mol. The van der Waals surface area contributed by atoms with Gasteiger partial charge in [0.1, 0.15) is 0 Å². The highest BCUT2D eigenvalue weighted by Crippen LogP contribution is 2.16. The van der Waals surface area contributed by atoms with Crippen molar-refractivity contribution in [1.29, 1.82) is 0 Å². The molecule has 8 nitrogen and oxygen atoms in total. The number of pyridine rings is 1. The smallest absolute Gasteiger partial charge is 0.241 e. The van der Waals surface area contributed by atoms with E-state index in [2.05, 4.69) is 25.7 Å². The van der Waals surface area contributed by atoms with Crippen LogP contribution in [0.3, 0.4) is 0 Å². The summed E-state index contributed by atoms with van der Waals surface area (Å²) in [4.78, 5) is 4.29. The van der Waals surface area contributed by atoms with E-state index in [9.17, 15) is 0 Å². The van der Waals surface area contributed by atoms with E-state index in [1.807, 2.05) is 35.7 Å². The SMILES string of the molecule is CC(NCc1nc(-c2ccco2)no1)c1nnc2ccccn12. The van der Waals surface area contributed by atoms with Gasteiger partial charge in [0.15, 0.2) is 17.2 Å². The van der Waals surface area contributed by atoms with Gasteiger partial charge < -0.3 is 8.94 Å². The van der Waals surface area contributed by atoms with Crippen LogP contribution in [0.5, 0.6) is 0 Å². The van der Waals surface area contributed by atoms with Crippen LogP contribution in [-0.4, -0.2) is 24.7 Å². The van der Waals surface area contributed by atoms with Crippen molar-refractivity contribution in [3.63, 3.8) is 0 Å². The van der Waals surface area contributed by atoms with Crippen molar-refractivity contribution >= 4 is 5.65 Å². The molecule has 0 saturated heterocycles. The second kappa shape index (κ2) is 5.65. The normalized spacial score (nSPS) is 12.7. The van der Waals surface area contributed by atoms with Crippen molar-refractivity contribution in [3.8, 4) is 11.6 Å². The standard InChI is InChI=1S/C15H14N6O2/c1-10(15-19-18-12-6-2-3-7-21(12)15)16-9-13-17-14(20-23-13)11-5-4-8-22-11/h2-8,10,16H,9H2,1H3. The number of nitrogens with zero attached hydrogens (tertiary/aromatic N) is 5. The zero-order chi connectivity index (χ0) is 15.6. The summed E-state index contributed by atoms with van der Waals surface area (Å²) >= 11 is 0. The predicted molar refractivity (Wildman–Crippen MR) is 80.2 cm³/mol. The lowest BCUT2D eigenvalue weighted by Crippen LogP contribution is -2.20. The molecule has 4 aromatic heterocycles. The minimum Gasteiger partial charge on any atom is -0.461 e. The molecule has 4 rings (SSSR count). The molecule has 0 radical (unpaired) electrons. The molecule has 4 heterocycles. The van der Waals surface area contributed by atoms with E-state index in [4.69, 9.17) is 8.94 Å². The molecule has 1 atom stereocenters. The molecular formula is C15H14N6O2. The Kier molecular flexibility index (Phi) is 3.35. The Bertz CT molecular complexity index is 911. The van der Waals surface area contributed by atoms with E-state index >= 15 is 0 Å². The number of aromatic nitrogens is 5. The van der Waals surface area contributed by atoms with Crippen LogP contribution in [0.25, 0.3) is 17.2 Å². The van der Waals surface area contributed by atoms with Gasteiger partial charge in [0.05, 0.1) is 18.8 Å². The molecule has 1 unspecified atom stereocenters. The first-order valence-electron chi connectivity index (χ1n) is 7.21. The fraction of sp³-hybridized carbons (Fsp3) is 0.200. The van der Waals surface area contributed by atoms with Crippen LogP contribution in [0.2, 0.25) is 0 Å². The molecule has 0 aliphatic heterocycles. The van der Waals surface area contributed by atoms with Gasteiger partial charge in [0.25, 0.3) is 0 Å². The van der Waals surface area contributed by atoms with Crippen LogP contribution >= 0.6 is 0 Å². The molecule has 0 aliphatic rings. The van der Waals surface area contributed by atoms with Gasteiger partial charge >= 0.3 is 0 Å². The maximum Gasteiger partial charge on any atom is 0.241 e. The lowest BCUT2D eigenvalue weighted by Gasteiger charge is -2.10. The summed E-state index contributed by atoms with van der Waals surface area (Å²) in [5.41, 5.74) is 0.814. The highest BCUT2D eigenvalue weighted by molar-refractivity contribution is 5.44. The molecule has 0 spiro atoms. The van der Waals surface area contributed by atoms with Gasteiger partial charge in [-0.3, -0.25) is 9.72 Å². The molecule has 116 valence electrons. The molecule has 4 aromatic rings. The predicted octanol–water partition coefficient (Wildman–Crippen LogP) is 2.22. The number of nitrogens with one attached hydrogen (secondary N) is 1. The fourth-order valence-electron chi connectivity index (χ4n) is 2.32. The number of furan rings is 1. The Morgan fingerprint density at radius 1 is 1.22 bits per heavy atom. The Morgan fingerprint density at radius 3 is 3.04 bits per heavy atom. The van der Waals surface area contributed by atoms with Crippen molar-refractivity contribution in [2.45, 2.75) is 19.5 Å². The van der Waals surface area contributed by atoms with E-state index in [0.29, 0.717) is 24.0 Å². The monoisotopic (exact) mass is 310 g/mol. The first kappa shape index (κ1) is 13.6. The molecule has 1 N–H and O–H groups in total. The van der Waals surface area contributed by atoms with Crippen molar-refractivity contribution in [2.75, 3.05) is 0 Å². The summed E-state index contributed by atoms with van der Waals surface area (Å²) in [6.45, 7) is 2.43. The molecule has 0 bridgehead atoms. The second-order valence-corrected chi connectivity index (χ2v) is 5.08. The number of hydrogen-bond donors (Lipinski definition) is 1. The average Bonchev–Trinajstić information content (AvgIpc) is 3.31. The van der Waals surface area contributed by atoms with Crippen LogP contribution in [0.15, 0.2) is 51.7 Å². The summed E-state index contributed by atoms with van der Waals surface area (Å²) in [5, 5.41) is 15.6. The van der Waals surface area contributed by atoms with Gasteiger partial charge in [0.2, 0.25) is 11.7 Å². The van der Waals surface area contributed by atoms with Gasteiger partial charge in [-0.1, -0.05) is 11.2 Å². The Balaban J connectivity index is 1.46. The minimum atomic E-state index is -0.0219. The molecule has 0 aromatic carbocycles. The summed E-state index contributed by atoms with van der Waals surface area (Å²) < 4.78 is 12.4. The lowest BCUT2D eigenvalue weighted by atomic mass is 10.3. The first-order chi connectivity index (χ1) is 11.3. The third-order valence-electron chi connectivity index (χ3n) is 3.50. The zero-order valence-electron chi connectivity index (χ0n) is 12.4. The summed E-state index contributed by atoms with van der Waals surface area (Å²) in [6.07, 6.45) is 3.51. The molecule has 0 aliphatic carbocycles. The maximum atomic E-state index is 5.24. The molecule has 8 heteroatoms. The van der Waals surface area contributed by atoms with Crippen LogP contribution in [0, 0.1) is 0 Å². The van der Waals surface area contributed by atoms with E-state index in [0.717, 1.165) is 11.5 Å².